The van der Waals surface area contributed by atoms with Crippen molar-refractivity contribution in [1.82, 2.24) is 0 Å². The Hall–Kier alpha value is -6.37. The zero-order valence-corrected chi connectivity index (χ0v) is 29.6. The van der Waals surface area contributed by atoms with E-state index < -0.39 is 52.5 Å². The molecule has 3 N–H and O–H groups in total. The Balaban J connectivity index is 0.000000183. The van der Waals surface area contributed by atoms with E-state index in [0.29, 0.717) is 17.8 Å². The number of hydrogen-bond donors (Lipinski definition) is 3. The average Bonchev–Trinajstić information content (AvgIpc) is 3.10. The molecule has 0 unspecified atom stereocenters. The van der Waals surface area contributed by atoms with Crippen LogP contribution in [0.4, 0.5) is 0 Å². The maximum Gasteiger partial charge on any atom is 0.335 e. The minimum Gasteiger partial charge on any atom is -0.872 e. The molecule has 54 heavy (non-hydrogen) atoms. The lowest BCUT2D eigenvalue weighted by Crippen LogP contribution is -2.54. The van der Waals surface area contributed by atoms with Gasteiger partial charge in [0.25, 0.3) is 0 Å². The SMILES string of the molecule is Cc1ccc(C(=O)O)c([O-])c1.Cc1ccc([O-])c(C(=O)O)c1.O=C(O)c1ccccc1[O-].O=C([O-])C12CC3CC(CC(C3)C1)C2.O=C([O-])c1ccccc1. The van der Waals surface area contributed by atoms with Crippen LogP contribution >= 0.6 is 0 Å². The lowest BCUT2D eigenvalue weighted by molar-refractivity contribution is -0.327. The van der Waals surface area contributed by atoms with E-state index in [0.717, 1.165) is 30.4 Å². The van der Waals surface area contributed by atoms with Crippen molar-refractivity contribution in [2.45, 2.75) is 52.4 Å². The molecule has 4 aliphatic carbocycles. The summed E-state index contributed by atoms with van der Waals surface area (Å²) in [5.41, 5.74) is 0.872. The van der Waals surface area contributed by atoms with Gasteiger partial charge in [-0.2, -0.15) is 0 Å². The molecule has 13 nitrogen and oxygen atoms in total. The standard InChI is InChI=1S/C11H16O2.2C8H8O3.C7H6O3.C7H6O2/c12-10(13)11-4-7-1-8(5-11)3-9(2-7)6-11;1-5-2-3-7(9)6(4-5)8(10)11;1-5-2-3-6(8(10)11)7(9)4-5;8-6-4-2-1-3-5(6)7(9)10;8-7(9)6-4-2-1-3-5-6/h7-9H,1-6H2,(H,12,13);2*2-4,9H,1H3,(H,10,11);1-4,8H,(H,9,10);1-5H,(H,8,9)/p-5. The first-order valence-corrected chi connectivity index (χ1v) is 16.9. The van der Waals surface area contributed by atoms with Gasteiger partial charge >= 0.3 is 17.9 Å². The predicted molar refractivity (Wildman–Crippen MR) is 184 cm³/mol. The number of carboxylic acids is 5. The highest BCUT2D eigenvalue weighted by Gasteiger charge is 2.51. The topological polar surface area (TPSA) is 261 Å². The van der Waals surface area contributed by atoms with Gasteiger partial charge in [-0.25, -0.2) is 14.4 Å². The van der Waals surface area contributed by atoms with Gasteiger partial charge in [0.1, 0.15) is 0 Å². The molecule has 4 aliphatic rings. The Labute approximate surface area is 311 Å². The molecule has 286 valence electrons. The van der Waals surface area contributed by atoms with E-state index in [2.05, 4.69) is 0 Å². The summed E-state index contributed by atoms with van der Waals surface area (Å²) in [4.78, 5) is 52.2. The Morgan fingerprint density at radius 1 is 0.537 bits per heavy atom. The van der Waals surface area contributed by atoms with Crippen molar-refractivity contribution in [2.24, 2.45) is 23.2 Å². The minimum absolute atomic E-state index is 0.162. The van der Waals surface area contributed by atoms with Crippen LogP contribution in [0.25, 0.3) is 0 Å². The van der Waals surface area contributed by atoms with Crippen LogP contribution in [0, 0.1) is 37.0 Å². The van der Waals surface area contributed by atoms with E-state index in [1.807, 2.05) is 0 Å². The smallest absolute Gasteiger partial charge is 0.335 e. The fourth-order valence-electron chi connectivity index (χ4n) is 7.20. The molecule has 4 fully saturated rings. The maximum atomic E-state index is 11.1. The number of carbonyl (C=O) groups excluding carboxylic acids is 2. The molecule has 8 rings (SSSR count). The van der Waals surface area contributed by atoms with Crippen molar-refractivity contribution in [1.29, 1.82) is 0 Å². The monoisotopic (exact) mass is 739 g/mol. The van der Waals surface area contributed by atoms with Gasteiger partial charge in [0.2, 0.25) is 0 Å². The molecule has 0 amide bonds. The van der Waals surface area contributed by atoms with Gasteiger partial charge in [-0.3, -0.25) is 0 Å². The number of carbonyl (C=O) groups is 5. The first-order chi connectivity index (χ1) is 25.4. The fourth-order valence-corrected chi connectivity index (χ4v) is 7.20. The van der Waals surface area contributed by atoms with Crippen molar-refractivity contribution in [3.63, 3.8) is 0 Å². The number of carboxylic acid groups (broad SMARTS) is 5. The zero-order valence-electron chi connectivity index (χ0n) is 29.6. The summed E-state index contributed by atoms with van der Waals surface area (Å²) in [7, 11) is 0. The molecule has 0 saturated heterocycles. The summed E-state index contributed by atoms with van der Waals surface area (Å²) in [5.74, 6) is -4.59. The highest BCUT2D eigenvalue weighted by molar-refractivity contribution is 5.91. The van der Waals surface area contributed by atoms with E-state index in [4.69, 9.17) is 15.3 Å². The lowest BCUT2D eigenvalue weighted by Gasteiger charge is -2.57. The molecule has 13 heteroatoms. The van der Waals surface area contributed by atoms with Crippen molar-refractivity contribution in [3.8, 4) is 17.2 Å². The van der Waals surface area contributed by atoms with Crippen molar-refractivity contribution in [3.05, 3.63) is 124 Å². The summed E-state index contributed by atoms with van der Waals surface area (Å²) in [5, 5.41) is 79.0. The van der Waals surface area contributed by atoms with Crippen LogP contribution in [0.5, 0.6) is 17.2 Å². The third-order valence-corrected chi connectivity index (χ3v) is 9.33. The van der Waals surface area contributed by atoms with Gasteiger partial charge in [0, 0.05) is 11.4 Å². The molecule has 0 aliphatic heterocycles. The van der Waals surface area contributed by atoms with Crippen LogP contribution in [0.2, 0.25) is 0 Å². The molecule has 0 atom stereocenters. The Bertz CT molecular complexity index is 1920. The number of para-hydroxylation sites is 1. The second-order valence-corrected chi connectivity index (χ2v) is 13.5. The van der Waals surface area contributed by atoms with Crippen molar-refractivity contribution in [2.75, 3.05) is 0 Å². The first-order valence-electron chi connectivity index (χ1n) is 16.9. The molecule has 0 heterocycles. The van der Waals surface area contributed by atoms with Crippen LogP contribution in [0.3, 0.4) is 0 Å². The number of aromatic carboxylic acids is 4. The molecular formula is C41H39O13-5. The third-order valence-electron chi connectivity index (χ3n) is 9.33. The molecule has 4 aromatic carbocycles. The molecule has 4 saturated carbocycles. The van der Waals surface area contributed by atoms with E-state index in [1.54, 1.807) is 44.2 Å². The van der Waals surface area contributed by atoms with Gasteiger partial charge in [0.15, 0.2) is 0 Å². The van der Waals surface area contributed by atoms with Crippen LogP contribution < -0.4 is 25.5 Å². The molecule has 0 aromatic heterocycles. The van der Waals surface area contributed by atoms with Crippen LogP contribution in [0.15, 0.2) is 91.0 Å². The van der Waals surface area contributed by atoms with Gasteiger partial charge in [-0.1, -0.05) is 101 Å². The number of rotatable bonds is 5. The summed E-state index contributed by atoms with van der Waals surface area (Å²) >= 11 is 0. The predicted octanol–water partition coefficient (Wildman–Crippen LogP) is 2.99. The van der Waals surface area contributed by atoms with Crippen molar-refractivity contribution < 1.29 is 64.8 Å². The highest BCUT2D eigenvalue weighted by atomic mass is 16.4. The quantitative estimate of drug-likeness (QED) is 0.266. The molecule has 4 aromatic rings. The second kappa shape index (κ2) is 18.9. The largest absolute Gasteiger partial charge is 0.872 e. The number of benzene rings is 4. The van der Waals surface area contributed by atoms with E-state index >= 15 is 0 Å². The number of aryl methyl sites for hydroxylation is 2. The Morgan fingerprint density at radius 3 is 1.35 bits per heavy atom. The second-order valence-electron chi connectivity index (χ2n) is 13.5. The molecule has 0 radical (unpaired) electrons. The van der Waals surface area contributed by atoms with Gasteiger partial charge in [0.05, 0.1) is 22.7 Å². The summed E-state index contributed by atoms with van der Waals surface area (Å²) in [6, 6.07) is 22.0. The highest BCUT2D eigenvalue weighted by Crippen LogP contribution is 2.59. The van der Waals surface area contributed by atoms with Crippen molar-refractivity contribution >= 4 is 29.8 Å². The Morgan fingerprint density at radius 2 is 0.963 bits per heavy atom. The third kappa shape index (κ3) is 11.8. The summed E-state index contributed by atoms with van der Waals surface area (Å²) < 4.78 is 0. The molecule has 4 bridgehead atoms. The van der Waals surface area contributed by atoms with E-state index in [1.165, 1.54) is 79.9 Å². The lowest BCUT2D eigenvalue weighted by atomic mass is 9.49. The zero-order chi connectivity index (χ0) is 40.2. The summed E-state index contributed by atoms with van der Waals surface area (Å²) in [6.45, 7) is 3.49. The van der Waals surface area contributed by atoms with Crippen LogP contribution in [-0.2, 0) is 4.79 Å². The number of hydrogen-bond acceptors (Lipinski definition) is 10. The van der Waals surface area contributed by atoms with E-state index in [9.17, 15) is 49.5 Å². The molecular weight excluding hydrogens is 700 g/mol. The van der Waals surface area contributed by atoms with Gasteiger partial charge in [-0.15, -0.1) is 0 Å². The van der Waals surface area contributed by atoms with Gasteiger partial charge < -0.3 is 50.4 Å². The summed E-state index contributed by atoms with van der Waals surface area (Å²) in [6.07, 6.45) is 6.65. The molecule has 0 spiro atoms. The first kappa shape index (κ1) is 42.0. The Kier molecular flexibility index (Phi) is 14.7. The normalized spacial score (nSPS) is 19.7. The maximum absolute atomic E-state index is 11.1. The average molecular weight is 740 g/mol. The number of aliphatic carboxylic acids is 1. The van der Waals surface area contributed by atoms with E-state index in [-0.39, 0.29) is 22.3 Å². The van der Waals surface area contributed by atoms with Gasteiger partial charge in [-0.05, 0) is 93.9 Å². The minimum atomic E-state index is -1.18. The van der Waals surface area contributed by atoms with Crippen LogP contribution in [0.1, 0.15) is 91.1 Å². The van der Waals surface area contributed by atoms with Crippen LogP contribution in [-0.4, -0.2) is 45.2 Å². The fraction of sp³-hybridized carbons (Fsp3) is 0.293.